The zero-order valence-corrected chi connectivity index (χ0v) is 13.6. The molecule has 0 radical (unpaired) electrons. The Balaban J connectivity index is 2.34. The van der Waals surface area contributed by atoms with Gasteiger partial charge in [-0.1, -0.05) is 41.4 Å². The van der Waals surface area contributed by atoms with Gasteiger partial charge in [0.2, 0.25) is 11.8 Å². The van der Waals surface area contributed by atoms with E-state index in [0.717, 1.165) is 29.4 Å². The quantitative estimate of drug-likeness (QED) is 0.828. The summed E-state index contributed by atoms with van der Waals surface area (Å²) in [7, 11) is 1.76. The van der Waals surface area contributed by atoms with Gasteiger partial charge in [-0.15, -0.1) is 0 Å². The number of carbonyl (C=O) groups excluding carboxylic acids is 2. The van der Waals surface area contributed by atoms with Crippen molar-refractivity contribution in [1.29, 1.82) is 0 Å². The van der Waals surface area contributed by atoms with Gasteiger partial charge in [0.1, 0.15) is 0 Å². The van der Waals surface area contributed by atoms with Crippen molar-refractivity contribution in [3.05, 3.63) is 34.3 Å². The van der Waals surface area contributed by atoms with Crippen molar-refractivity contribution in [3.63, 3.8) is 0 Å². The van der Waals surface area contributed by atoms with Crippen LogP contribution in [0.2, 0.25) is 0 Å². The molecule has 0 bridgehead atoms. The second-order valence-corrected chi connectivity index (χ2v) is 5.67. The van der Waals surface area contributed by atoms with Gasteiger partial charge < -0.3 is 10.2 Å². The van der Waals surface area contributed by atoms with Crippen LogP contribution in [0.25, 0.3) is 0 Å². The number of halogens is 1. The molecule has 0 saturated heterocycles. The highest BCUT2D eigenvalue weighted by Crippen LogP contribution is 2.11. The van der Waals surface area contributed by atoms with Gasteiger partial charge in [-0.2, -0.15) is 0 Å². The summed E-state index contributed by atoms with van der Waals surface area (Å²) in [5, 5.41) is 2.66. The molecule has 0 aliphatic rings. The van der Waals surface area contributed by atoms with Crippen molar-refractivity contribution >= 4 is 27.7 Å². The highest BCUT2D eigenvalue weighted by molar-refractivity contribution is 9.10. The first-order valence-corrected chi connectivity index (χ1v) is 7.57. The number of benzene rings is 1. The van der Waals surface area contributed by atoms with E-state index in [1.807, 2.05) is 24.3 Å². The lowest BCUT2D eigenvalue weighted by Crippen LogP contribution is -2.39. The Bertz CT molecular complexity index is 463. The fourth-order valence-corrected chi connectivity index (χ4v) is 2.17. The molecule has 110 valence electrons. The Kier molecular flexibility index (Phi) is 7.30. The summed E-state index contributed by atoms with van der Waals surface area (Å²) in [6.45, 7) is 2.88. The number of nitrogens with one attached hydrogen (secondary N) is 1. The summed E-state index contributed by atoms with van der Waals surface area (Å²) < 4.78 is 0.943. The van der Waals surface area contributed by atoms with E-state index >= 15 is 0 Å². The van der Waals surface area contributed by atoms with Crippen molar-refractivity contribution in [2.24, 2.45) is 0 Å². The van der Waals surface area contributed by atoms with Crippen LogP contribution in [0.15, 0.2) is 28.7 Å². The molecule has 1 aromatic carbocycles. The molecule has 1 N–H and O–H groups in total. The zero-order chi connectivity index (χ0) is 15.0. The molecule has 0 aliphatic carbocycles. The first kappa shape index (κ1) is 16.7. The van der Waals surface area contributed by atoms with Gasteiger partial charge in [-0.05, 0) is 24.1 Å². The van der Waals surface area contributed by atoms with Crippen LogP contribution in [0.3, 0.4) is 0 Å². The standard InChI is InChI=1S/C15H21BrN2O2/c1-3-4-8-18(2)15(20)11-17-14(19)10-12-6-5-7-13(16)9-12/h5-7,9H,3-4,8,10-11H2,1-2H3,(H,17,19). The lowest BCUT2D eigenvalue weighted by atomic mass is 10.1. The van der Waals surface area contributed by atoms with Crippen molar-refractivity contribution in [2.75, 3.05) is 20.1 Å². The molecule has 4 nitrogen and oxygen atoms in total. The van der Waals surface area contributed by atoms with Gasteiger partial charge in [0, 0.05) is 18.1 Å². The van der Waals surface area contributed by atoms with Gasteiger partial charge in [0.15, 0.2) is 0 Å². The van der Waals surface area contributed by atoms with Crippen molar-refractivity contribution in [1.82, 2.24) is 10.2 Å². The smallest absolute Gasteiger partial charge is 0.241 e. The molecule has 1 rings (SSSR count). The molecule has 0 fully saturated rings. The molecule has 0 spiro atoms. The van der Waals surface area contributed by atoms with Crippen LogP contribution >= 0.6 is 15.9 Å². The predicted molar refractivity (Wildman–Crippen MR) is 83.4 cm³/mol. The average molecular weight is 341 g/mol. The first-order valence-electron chi connectivity index (χ1n) is 6.78. The van der Waals surface area contributed by atoms with Crippen LogP contribution in [-0.2, 0) is 16.0 Å². The molecule has 0 saturated carbocycles. The monoisotopic (exact) mass is 340 g/mol. The summed E-state index contributed by atoms with van der Waals surface area (Å²) in [5.74, 6) is -0.193. The third-order valence-electron chi connectivity index (χ3n) is 2.96. The van der Waals surface area contributed by atoms with E-state index in [9.17, 15) is 9.59 Å². The minimum atomic E-state index is -0.139. The minimum Gasteiger partial charge on any atom is -0.347 e. The van der Waals surface area contributed by atoms with Gasteiger partial charge in [-0.3, -0.25) is 9.59 Å². The third kappa shape index (κ3) is 6.19. The van der Waals surface area contributed by atoms with Gasteiger partial charge in [0.25, 0.3) is 0 Å². The van der Waals surface area contributed by atoms with Crippen molar-refractivity contribution < 1.29 is 9.59 Å². The molecule has 0 unspecified atom stereocenters. The second kappa shape index (κ2) is 8.74. The number of amides is 2. The zero-order valence-electron chi connectivity index (χ0n) is 12.0. The average Bonchev–Trinajstić information content (AvgIpc) is 2.42. The van der Waals surface area contributed by atoms with Gasteiger partial charge in [0.05, 0.1) is 13.0 Å². The molecular formula is C15H21BrN2O2. The molecule has 5 heteroatoms. The summed E-state index contributed by atoms with van der Waals surface area (Å²) in [4.78, 5) is 25.2. The van der Waals surface area contributed by atoms with E-state index in [4.69, 9.17) is 0 Å². The molecule has 20 heavy (non-hydrogen) atoms. The predicted octanol–water partition coefficient (Wildman–Crippen LogP) is 2.37. The number of hydrogen-bond donors (Lipinski definition) is 1. The Morgan fingerprint density at radius 2 is 2.10 bits per heavy atom. The fraction of sp³-hybridized carbons (Fsp3) is 0.467. The maximum Gasteiger partial charge on any atom is 0.241 e. The van der Waals surface area contributed by atoms with E-state index in [0.29, 0.717) is 0 Å². The normalized spacial score (nSPS) is 10.2. The van der Waals surface area contributed by atoms with Crippen molar-refractivity contribution in [3.8, 4) is 0 Å². The number of unbranched alkanes of at least 4 members (excludes halogenated alkanes) is 1. The van der Waals surface area contributed by atoms with Crippen LogP contribution in [0.4, 0.5) is 0 Å². The maximum absolute atomic E-state index is 11.8. The van der Waals surface area contributed by atoms with Crippen LogP contribution in [0.1, 0.15) is 25.3 Å². The summed E-state index contributed by atoms with van der Waals surface area (Å²) in [6.07, 6.45) is 2.31. The molecule has 0 aromatic heterocycles. The largest absolute Gasteiger partial charge is 0.347 e. The van der Waals surface area contributed by atoms with Crippen LogP contribution < -0.4 is 5.32 Å². The van der Waals surface area contributed by atoms with Crippen LogP contribution in [0, 0.1) is 0 Å². The molecule has 1 aromatic rings. The molecular weight excluding hydrogens is 320 g/mol. The summed E-state index contributed by atoms with van der Waals surface area (Å²) in [5.41, 5.74) is 0.920. The Morgan fingerprint density at radius 1 is 1.35 bits per heavy atom. The van der Waals surface area contributed by atoms with E-state index < -0.39 is 0 Å². The van der Waals surface area contributed by atoms with E-state index in [2.05, 4.69) is 28.2 Å². The Hall–Kier alpha value is -1.36. The lowest BCUT2D eigenvalue weighted by Gasteiger charge is -2.16. The first-order chi connectivity index (χ1) is 9.52. The molecule has 0 aliphatic heterocycles. The number of likely N-dealkylation sites (N-methyl/N-ethyl adjacent to an activating group) is 1. The Labute approximate surface area is 128 Å². The number of nitrogens with zero attached hydrogens (tertiary/aromatic N) is 1. The summed E-state index contributed by atoms with van der Waals surface area (Å²) >= 11 is 3.36. The molecule has 2 amide bonds. The van der Waals surface area contributed by atoms with E-state index in [1.165, 1.54) is 0 Å². The molecule has 0 heterocycles. The third-order valence-corrected chi connectivity index (χ3v) is 3.46. The number of carbonyl (C=O) groups is 2. The van der Waals surface area contributed by atoms with Gasteiger partial charge >= 0.3 is 0 Å². The van der Waals surface area contributed by atoms with Crippen LogP contribution in [-0.4, -0.2) is 36.9 Å². The lowest BCUT2D eigenvalue weighted by molar-refractivity contribution is -0.131. The fourth-order valence-electron chi connectivity index (χ4n) is 1.72. The van der Waals surface area contributed by atoms with Crippen LogP contribution in [0.5, 0.6) is 0 Å². The topological polar surface area (TPSA) is 49.4 Å². The SMILES string of the molecule is CCCCN(C)C(=O)CNC(=O)Cc1cccc(Br)c1. The second-order valence-electron chi connectivity index (χ2n) is 4.75. The number of hydrogen-bond acceptors (Lipinski definition) is 2. The van der Waals surface area contributed by atoms with Gasteiger partial charge in [-0.25, -0.2) is 0 Å². The number of rotatable bonds is 7. The Morgan fingerprint density at radius 3 is 2.75 bits per heavy atom. The highest BCUT2D eigenvalue weighted by atomic mass is 79.9. The van der Waals surface area contributed by atoms with Crippen molar-refractivity contribution in [2.45, 2.75) is 26.2 Å². The maximum atomic E-state index is 11.8. The summed E-state index contributed by atoms with van der Waals surface area (Å²) in [6, 6.07) is 7.58. The highest BCUT2D eigenvalue weighted by Gasteiger charge is 2.10. The molecule has 0 atom stereocenters. The van der Waals surface area contributed by atoms with E-state index in [-0.39, 0.29) is 24.8 Å². The van der Waals surface area contributed by atoms with E-state index in [1.54, 1.807) is 11.9 Å². The minimum absolute atomic E-state index is 0.0546.